The van der Waals surface area contributed by atoms with Gasteiger partial charge in [0.25, 0.3) is 0 Å². The highest BCUT2D eigenvalue weighted by Crippen LogP contribution is 2.52. The average molecular weight is 350 g/mol. The minimum atomic E-state index is -0.611. The van der Waals surface area contributed by atoms with Gasteiger partial charge in [0.2, 0.25) is 11.5 Å². The van der Waals surface area contributed by atoms with Gasteiger partial charge >= 0.3 is 5.69 Å². The van der Waals surface area contributed by atoms with Crippen LogP contribution in [0.2, 0.25) is 0 Å². The van der Waals surface area contributed by atoms with Gasteiger partial charge in [0.15, 0.2) is 17.6 Å². The van der Waals surface area contributed by atoms with E-state index in [0.717, 1.165) is 45.2 Å². The van der Waals surface area contributed by atoms with Crippen molar-refractivity contribution in [2.75, 3.05) is 26.3 Å². The van der Waals surface area contributed by atoms with Crippen LogP contribution in [0.5, 0.6) is 17.2 Å². The molecule has 1 saturated carbocycles. The Morgan fingerprint density at radius 3 is 2.60 bits per heavy atom. The predicted molar refractivity (Wildman–Crippen MR) is 88.0 cm³/mol. The lowest BCUT2D eigenvalue weighted by molar-refractivity contribution is -0.386. The fourth-order valence-electron chi connectivity index (χ4n) is 4.08. The van der Waals surface area contributed by atoms with Gasteiger partial charge in [-0.05, 0) is 31.7 Å². The molecule has 136 valence electrons. The number of nitro benzene ring substituents is 1. The van der Waals surface area contributed by atoms with Gasteiger partial charge in [0.05, 0.1) is 18.1 Å². The number of phenols is 1. The molecule has 1 N–H and O–H groups in total. The summed E-state index contributed by atoms with van der Waals surface area (Å²) >= 11 is 0. The fraction of sp³-hybridized carbons (Fsp3) is 0.647. The molecule has 1 aromatic rings. The number of nitrogens with zero attached hydrogens (tertiary/aromatic N) is 2. The maximum absolute atomic E-state index is 11.1. The van der Waals surface area contributed by atoms with Crippen LogP contribution in [-0.2, 0) is 4.74 Å². The van der Waals surface area contributed by atoms with Crippen LogP contribution in [-0.4, -0.2) is 53.1 Å². The van der Waals surface area contributed by atoms with Crippen LogP contribution in [0.15, 0.2) is 12.1 Å². The lowest BCUT2D eigenvalue weighted by Crippen LogP contribution is -2.63. The summed E-state index contributed by atoms with van der Waals surface area (Å²) < 4.78 is 18.0. The van der Waals surface area contributed by atoms with Crippen molar-refractivity contribution in [3.63, 3.8) is 0 Å². The number of hydrogen-bond acceptors (Lipinski definition) is 7. The maximum atomic E-state index is 11.1. The molecule has 25 heavy (non-hydrogen) atoms. The summed E-state index contributed by atoms with van der Waals surface area (Å²) in [6.45, 7) is 2.80. The molecule has 0 radical (unpaired) electrons. The van der Waals surface area contributed by atoms with E-state index in [1.165, 1.54) is 12.1 Å². The second-order valence-corrected chi connectivity index (χ2v) is 6.86. The number of nitro groups is 1. The van der Waals surface area contributed by atoms with E-state index >= 15 is 0 Å². The zero-order valence-electron chi connectivity index (χ0n) is 14.0. The van der Waals surface area contributed by atoms with Gasteiger partial charge in [-0.2, -0.15) is 0 Å². The van der Waals surface area contributed by atoms with Crippen LogP contribution in [0, 0.1) is 10.1 Å². The van der Waals surface area contributed by atoms with Crippen molar-refractivity contribution in [2.45, 2.75) is 43.9 Å². The monoisotopic (exact) mass is 350 g/mol. The number of aromatic hydroxyl groups is 1. The number of morpholine rings is 1. The third kappa shape index (κ3) is 2.79. The van der Waals surface area contributed by atoms with Crippen LogP contribution in [0.1, 0.15) is 32.1 Å². The number of fused-ring (bicyclic) bond motifs is 1. The lowest BCUT2D eigenvalue weighted by atomic mass is 9.81. The SMILES string of the molecule is O=[N+]([O-])c1ccc2c(c1O)OC1(CCCCC1)C(N1CCOCC1)O2. The largest absolute Gasteiger partial charge is 0.499 e. The van der Waals surface area contributed by atoms with E-state index in [4.69, 9.17) is 14.2 Å². The highest BCUT2D eigenvalue weighted by molar-refractivity contribution is 5.62. The van der Waals surface area contributed by atoms with Gasteiger partial charge in [-0.15, -0.1) is 0 Å². The first-order valence-electron chi connectivity index (χ1n) is 8.78. The summed E-state index contributed by atoms with van der Waals surface area (Å²) in [5.41, 5.74) is -0.951. The minimum Gasteiger partial charge on any atom is -0.499 e. The molecule has 0 bridgehead atoms. The van der Waals surface area contributed by atoms with E-state index < -0.39 is 16.3 Å². The molecule has 3 aliphatic rings. The Kier molecular flexibility index (Phi) is 4.16. The molecule has 2 heterocycles. The van der Waals surface area contributed by atoms with Crippen molar-refractivity contribution in [1.29, 1.82) is 0 Å². The second-order valence-electron chi connectivity index (χ2n) is 6.86. The first-order chi connectivity index (χ1) is 12.1. The van der Waals surface area contributed by atoms with Crippen molar-refractivity contribution in [1.82, 2.24) is 4.90 Å². The van der Waals surface area contributed by atoms with Gasteiger partial charge in [-0.25, -0.2) is 0 Å². The molecular formula is C17H22N2O6. The Hall–Kier alpha value is -2.06. The third-order valence-electron chi connectivity index (χ3n) is 5.34. The van der Waals surface area contributed by atoms with Gasteiger partial charge in [0, 0.05) is 19.2 Å². The van der Waals surface area contributed by atoms with E-state index in [1.54, 1.807) is 0 Å². The van der Waals surface area contributed by atoms with Crippen LogP contribution in [0.3, 0.4) is 0 Å². The van der Waals surface area contributed by atoms with Gasteiger partial charge < -0.3 is 19.3 Å². The van der Waals surface area contributed by atoms with Crippen LogP contribution >= 0.6 is 0 Å². The fourth-order valence-corrected chi connectivity index (χ4v) is 4.08. The van der Waals surface area contributed by atoms with Gasteiger partial charge in [-0.1, -0.05) is 6.42 Å². The average Bonchev–Trinajstić information content (AvgIpc) is 2.63. The quantitative estimate of drug-likeness (QED) is 0.646. The summed E-state index contributed by atoms with van der Waals surface area (Å²) in [4.78, 5) is 12.7. The Bertz CT molecular complexity index is 667. The van der Waals surface area contributed by atoms with Gasteiger partial charge in [-0.3, -0.25) is 15.0 Å². The topological polar surface area (TPSA) is 94.3 Å². The molecule has 1 aromatic carbocycles. The molecule has 2 aliphatic heterocycles. The summed E-state index contributed by atoms with van der Waals surface area (Å²) in [7, 11) is 0. The van der Waals surface area contributed by atoms with Crippen LogP contribution in [0.25, 0.3) is 0 Å². The molecule has 1 aliphatic carbocycles. The number of ether oxygens (including phenoxy) is 3. The standard InChI is InChI=1S/C17H22N2O6/c20-14-12(19(21)22)4-5-13-15(14)25-17(6-2-1-3-7-17)16(24-13)18-8-10-23-11-9-18/h4-5,16,20H,1-3,6-11H2. The normalized spacial score (nSPS) is 25.7. The third-order valence-corrected chi connectivity index (χ3v) is 5.34. The minimum absolute atomic E-state index is 0.0978. The number of rotatable bonds is 2. The van der Waals surface area contributed by atoms with E-state index in [-0.39, 0.29) is 17.7 Å². The summed E-state index contributed by atoms with van der Waals surface area (Å²) in [6.07, 6.45) is 4.48. The van der Waals surface area contributed by atoms with E-state index in [9.17, 15) is 15.2 Å². The number of hydrogen-bond donors (Lipinski definition) is 1. The highest BCUT2D eigenvalue weighted by Gasteiger charge is 2.51. The van der Waals surface area contributed by atoms with Crippen LogP contribution < -0.4 is 9.47 Å². The first kappa shape index (κ1) is 16.4. The van der Waals surface area contributed by atoms with Crippen LogP contribution in [0.4, 0.5) is 5.69 Å². The lowest BCUT2D eigenvalue weighted by Gasteiger charge is -2.50. The Balaban J connectivity index is 1.73. The van der Waals surface area contributed by atoms with E-state index in [1.807, 2.05) is 0 Å². The van der Waals surface area contributed by atoms with E-state index in [2.05, 4.69) is 4.90 Å². The van der Waals surface area contributed by atoms with Gasteiger partial charge in [0.1, 0.15) is 0 Å². The second kappa shape index (κ2) is 6.34. The highest BCUT2D eigenvalue weighted by atomic mass is 16.6. The first-order valence-corrected chi connectivity index (χ1v) is 8.78. The number of phenolic OH excluding ortho intramolecular Hbond substituents is 1. The Morgan fingerprint density at radius 1 is 1.20 bits per heavy atom. The summed E-state index contributed by atoms with van der Waals surface area (Å²) in [6, 6.07) is 2.77. The van der Waals surface area contributed by atoms with Crippen molar-refractivity contribution in [2.24, 2.45) is 0 Å². The Morgan fingerprint density at radius 2 is 1.92 bits per heavy atom. The molecule has 1 saturated heterocycles. The molecule has 2 fully saturated rings. The molecule has 1 spiro atoms. The maximum Gasteiger partial charge on any atom is 0.314 e. The van der Waals surface area contributed by atoms with Crippen molar-refractivity contribution in [3.8, 4) is 17.2 Å². The summed E-state index contributed by atoms with van der Waals surface area (Å²) in [5, 5.41) is 21.4. The molecule has 4 rings (SSSR count). The van der Waals surface area contributed by atoms with Crippen molar-refractivity contribution in [3.05, 3.63) is 22.2 Å². The molecule has 8 nitrogen and oxygen atoms in total. The molecule has 8 heteroatoms. The van der Waals surface area contributed by atoms with Crippen molar-refractivity contribution < 1.29 is 24.2 Å². The Labute approximate surface area is 145 Å². The summed E-state index contributed by atoms with van der Waals surface area (Å²) in [5.74, 6) is 0.00396. The smallest absolute Gasteiger partial charge is 0.314 e. The molecule has 0 aromatic heterocycles. The van der Waals surface area contributed by atoms with Crippen molar-refractivity contribution >= 4 is 5.69 Å². The zero-order chi connectivity index (χ0) is 17.4. The molecular weight excluding hydrogens is 328 g/mol. The zero-order valence-corrected chi connectivity index (χ0v) is 14.0. The molecule has 1 unspecified atom stereocenters. The molecule has 0 amide bonds. The number of benzene rings is 1. The predicted octanol–water partition coefficient (Wildman–Crippen LogP) is 2.43. The molecule has 1 atom stereocenters. The van der Waals surface area contributed by atoms with E-state index in [0.29, 0.717) is 19.0 Å².